The van der Waals surface area contributed by atoms with E-state index in [9.17, 15) is 9.18 Å². The molecule has 1 aromatic rings. The highest BCUT2D eigenvalue weighted by molar-refractivity contribution is 6.30. The highest BCUT2D eigenvalue weighted by Gasteiger charge is 2.11. The lowest BCUT2D eigenvalue weighted by Crippen LogP contribution is -2.25. The summed E-state index contributed by atoms with van der Waals surface area (Å²) in [6, 6.07) is 3.91. The van der Waals surface area contributed by atoms with Crippen molar-refractivity contribution in [3.05, 3.63) is 34.6 Å². The summed E-state index contributed by atoms with van der Waals surface area (Å²) in [5.74, 6) is -1.03. The Hall–Kier alpha value is -1.17. The molecular formula is C14H19ClFNO3. The molecule has 0 spiro atoms. The third-order valence-corrected chi connectivity index (χ3v) is 2.84. The first-order valence-corrected chi connectivity index (χ1v) is 6.83. The van der Waals surface area contributed by atoms with Crippen LogP contribution < -0.4 is 5.32 Å². The molecule has 6 heteroatoms. The summed E-state index contributed by atoms with van der Waals surface area (Å²) in [6.45, 7) is 2.23. The van der Waals surface area contributed by atoms with Crippen LogP contribution in [0.2, 0.25) is 5.02 Å². The summed E-state index contributed by atoms with van der Waals surface area (Å²) in [5, 5.41) is 2.99. The van der Waals surface area contributed by atoms with E-state index in [-0.39, 0.29) is 5.56 Å². The second kappa shape index (κ2) is 9.69. The molecule has 0 aliphatic carbocycles. The van der Waals surface area contributed by atoms with Crippen LogP contribution in [0.4, 0.5) is 4.39 Å². The Morgan fingerprint density at radius 1 is 1.30 bits per heavy atom. The van der Waals surface area contributed by atoms with E-state index in [1.54, 1.807) is 7.11 Å². The molecule has 0 saturated carbocycles. The predicted octanol–water partition coefficient (Wildman–Crippen LogP) is 2.65. The van der Waals surface area contributed by atoms with Crippen LogP contribution in [-0.2, 0) is 9.47 Å². The van der Waals surface area contributed by atoms with Crippen LogP contribution in [0, 0.1) is 5.82 Å². The molecule has 1 rings (SSSR count). The zero-order chi connectivity index (χ0) is 14.8. The Morgan fingerprint density at radius 3 is 2.85 bits per heavy atom. The average Bonchev–Trinajstić information content (AvgIpc) is 2.44. The van der Waals surface area contributed by atoms with E-state index >= 15 is 0 Å². The standard InChI is InChI=1S/C14H19ClFNO3/c1-19-8-9-20-7-3-2-6-17-14(18)12-10-11(15)4-5-13(12)16/h4-5,10H,2-3,6-9H2,1H3,(H,17,18). The summed E-state index contributed by atoms with van der Waals surface area (Å²) in [5.41, 5.74) is -0.0335. The number of carbonyl (C=O) groups is 1. The SMILES string of the molecule is COCCOCCCCNC(=O)c1cc(Cl)ccc1F. The van der Waals surface area contributed by atoms with E-state index in [1.165, 1.54) is 18.2 Å². The monoisotopic (exact) mass is 303 g/mol. The second-order valence-electron chi connectivity index (χ2n) is 4.19. The number of benzene rings is 1. The Labute approximate surface area is 123 Å². The number of carbonyl (C=O) groups excluding carboxylic acids is 1. The van der Waals surface area contributed by atoms with Gasteiger partial charge in [-0.25, -0.2) is 4.39 Å². The Morgan fingerprint density at radius 2 is 2.10 bits per heavy atom. The average molecular weight is 304 g/mol. The molecular weight excluding hydrogens is 285 g/mol. The molecule has 0 radical (unpaired) electrons. The summed E-state index contributed by atoms with van der Waals surface area (Å²) in [6.07, 6.45) is 1.59. The Kier molecular flexibility index (Phi) is 8.18. The molecule has 1 amide bonds. The van der Waals surface area contributed by atoms with Crippen molar-refractivity contribution in [1.29, 1.82) is 0 Å². The fourth-order valence-corrected chi connectivity index (χ4v) is 1.71. The van der Waals surface area contributed by atoms with Gasteiger partial charge < -0.3 is 14.8 Å². The molecule has 0 aliphatic rings. The molecule has 1 aromatic carbocycles. The first-order chi connectivity index (χ1) is 9.65. The molecule has 0 atom stereocenters. The van der Waals surface area contributed by atoms with E-state index in [0.29, 0.717) is 31.4 Å². The number of hydrogen-bond donors (Lipinski definition) is 1. The Bertz CT molecular complexity index is 429. The first kappa shape index (κ1) is 16.9. The summed E-state index contributed by atoms with van der Waals surface area (Å²) in [4.78, 5) is 11.7. The van der Waals surface area contributed by atoms with Crippen LogP contribution in [0.1, 0.15) is 23.2 Å². The van der Waals surface area contributed by atoms with Crippen molar-refractivity contribution in [2.45, 2.75) is 12.8 Å². The fourth-order valence-electron chi connectivity index (χ4n) is 1.54. The smallest absolute Gasteiger partial charge is 0.254 e. The number of amides is 1. The van der Waals surface area contributed by atoms with Crippen LogP contribution >= 0.6 is 11.6 Å². The molecule has 0 aliphatic heterocycles. The van der Waals surface area contributed by atoms with Crippen molar-refractivity contribution in [2.75, 3.05) is 33.5 Å². The van der Waals surface area contributed by atoms with Gasteiger partial charge in [-0.3, -0.25) is 4.79 Å². The highest BCUT2D eigenvalue weighted by atomic mass is 35.5. The second-order valence-corrected chi connectivity index (χ2v) is 4.63. The number of unbranched alkanes of at least 4 members (excludes halogenated alkanes) is 1. The highest BCUT2D eigenvalue weighted by Crippen LogP contribution is 2.14. The lowest BCUT2D eigenvalue weighted by Gasteiger charge is -2.07. The van der Waals surface area contributed by atoms with Crippen molar-refractivity contribution in [3.8, 4) is 0 Å². The van der Waals surface area contributed by atoms with E-state index in [4.69, 9.17) is 21.1 Å². The van der Waals surface area contributed by atoms with Gasteiger partial charge in [-0.1, -0.05) is 11.6 Å². The maximum atomic E-state index is 13.4. The number of methoxy groups -OCH3 is 1. The third kappa shape index (κ3) is 6.32. The van der Waals surface area contributed by atoms with Gasteiger partial charge in [0.2, 0.25) is 0 Å². The van der Waals surface area contributed by atoms with E-state index in [1.807, 2.05) is 0 Å². The molecule has 0 saturated heterocycles. The molecule has 112 valence electrons. The minimum atomic E-state index is -0.574. The maximum Gasteiger partial charge on any atom is 0.254 e. The lowest BCUT2D eigenvalue weighted by molar-refractivity contribution is 0.0686. The van der Waals surface area contributed by atoms with Gasteiger partial charge >= 0.3 is 0 Å². The molecule has 0 aromatic heterocycles. The van der Waals surface area contributed by atoms with Crippen molar-refractivity contribution in [2.24, 2.45) is 0 Å². The predicted molar refractivity (Wildman–Crippen MR) is 75.7 cm³/mol. The van der Waals surface area contributed by atoms with Crippen molar-refractivity contribution in [1.82, 2.24) is 5.32 Å². The van der Waals surface area contributed by atoms with Gasteiger partial charge in [0.15, 0.2) is 0 Å². The van der Waals surface area contributed by atoms with Gasteiger partial charge in [-0.15, -0.1) is 0 Å². The van der Waals surface area contributed by atoms with Gasteiger partial charge in [0.1, 0.15) is 5.82 Å². The van der Waals surface area contributed by atoms with Gasteiger partial charge in [-0.2, -0.15) is 0 Å². The number of halogens is 2. The minimum absolute atomic E-state index is 0.0335. The van der Waals surface area contributed by atoms with Crippen LogP contribution in [-0.4, -0.2) is 39.4 Å². The zero-order valence-electron chi connectivity index (χ0n) is 11.5. The molecule has 0 bridgehead atoms. The number of ether oxygens (including phenoxy) is 2. The minimum Gasteiger partial charge on any atom is -0.382 e. The van der Waals surface area contributed by atoms with Gasteiger partial charge in [-0.05, 0) is 31.0 Å². The molecule has 1 N–H and O–H groups in total. The molecule has 20 heavy (non-hydrogen) atoms. The molecule has 0 unspecified atom stereocenters. The number of rotatable bonds is 9. The largest absolute Gasteiger partial charge is 0.382 e. The van der Waals surface area contributed by atoms with Crippen molar-refractivity contribution >= 4 is 17.5 Å². The van der Waals surface area contributed by atoms with Crippen LogP contribution in [0.5, 0.6) is 0 Å². The molecule has 4 nitrogen and oxygen atoms in total. The third-order valence-electron chi connectivity index (χ3n) is 2.61. The quantitative estimate of drug-likeness (QED) is 0.714. The maximum absolute atomic E-state index is 13.4. The first-order valence-electron chi connectivity index (χ1n) is 6.45. The summed E-state index contributed by atoms with van der Waals surface area (Å²) >= 11 is 5.73. The fraction of sp³-hybridized carbons (Fsp3) is 0.500. The van der Waals surface area contributed by atoms with E-state index < -0.39 is 11.7 Å². The van der Waals surface area contributed by atoms with Crippen molar-refractivity contribution < 1.29 is 18.7 Å². The van der Waals surface area contributed by atoms with Crippen molar-refractivity contribution in [3.63, 3.8) is 0 Å². The van der Waals surface area contributed by atoms with E-state index in [2.05, 4.69) is 5.32 Å². The molecule has 0 fully saturated rings. The zero-order valence-corrected chi connectivity index (χ0v) is 12.2. The van der Waals surface area contributed by atoms with E-state index in [0.717, 1.165) is 12.8 Å². The van der Waals surface area contributed by atoms with Gasteiger partial charge in [0.05, 0.1) is 18.8 Å². The van der Waals surface area contributed by atoms with Crippen LogP contribution in [0.25, 0.3) is 0 Å². The number of hydrogen-bond acceptors (Lipinski definition) is 3. The Balaban J connectivity index is 2.18. The number of nitrogens with one attached hydrogen (secondary N) is 1. The summed E-state index contributed by atoms with van der Waals surface area (Å²) in [7, 11) is 1.62. The van der Waals surface area contributed by atoms with Crippen LogP contribution in [0.15, 0.2) is 18.2 Å². The topological polar surface area (TPSA) is 47.6 Å². The van der Waals surface area contributed by atoms with Crippen LogP contribution in [0.3, 0.4) is 0 Å². The van der Waals surface area contributed by atoms with Gasteiger partial charge in [0.25, 0.3) is 5.91 Å². The summed E-state index contributed by atoms with van der Waals surface area (Å²) < 4.78 is 23.5. The molecule has 0 heterocycles. The lowest BCUT2D eigenvalue weighted by atomic mass is 10.2. The normalized spacial score (nSPS) is 10.6. The van der Waals surface area contributed by atoms with Gasteiger partial charge in [0, 0.05) is 25.3 Å².